The van der Waals surface area contributed by atoms with Crippen molar-refractivity contribution in [2.75, 3.05) is 13.1 Å². The van der Waals surface area contributed by atoms with Crippen LogP contribution in [0.4, 0.5) is 5.69 Å². The van der Waals surface area contributed by atoms with E-state index in [1.54, 1.807) is 12.1 Å². The van der Waals surface area contributed by atoms with Crippen LogP contribution in [0.15, 0.2) is 24.3 Å². The van der Waals surface area contributed by atoms with E-state index in [1.165, 1.54) is 12.1 Å². The van der Waals surface area contributed by atoms with Crippen LogP contribution in [-0.4, -0.2) is 34.9 Å². The standard InChI is InChI=1S/C15H21N3O3/c1-2-9-16-14-4-3-10-17(15(14)19)11-12-5-7-13(8-6-12)18(20)21/h5-8,14,16H,2-4,9-11H2,1H3. The second-order valence-corrected chi connectivity index (χ2v) is 5.33. The highest BCUT2D eigenvalue weighted by Crippen LogP contribution is 2.17. The molecule has 1 heterocycles. The summed E-state index contributed by atoms with van der Waals surface area (Å²) < 4.78 is 0. The highest BCUT2D eigenvalue weighted by atomic mass is 16.6. The van der Waals surface area contributed by atoms with E-state index in [4.69, 9.17) is 0 Å². The van der Waals surface area contributed by atoms with E-state index in [-0.39, 0.29) is 17.6 Å². The van der Waals surface area contributed by atoms with Crippen molar-refractivity contribution in [2.45, 2.75) is 38.8 Å². The van der Waals surface area contributed by atoms with Gasteiger partial charge >= 0.3 is 0 Å². The fourth-order valence-corrected chi connectivity index (χ4v) is 2.55. The molecule has 1 fully saturated rings. The zero-order valence-corrected chi connectivity index (χ0v) is 12.2. The van der Waals surface area contributed by atoms with Crippen molar-refractivity contribution in [3.05, 3.63) is 39.9 Å². The van der Waals surface area contributed by atoms with Crippen LogP contribution < -0.4 is 5.32 Å². The molecule has 0 spiro atoms. The predicted molar refractivity (Wildman–Crippen MR) is 79.8 cm³/mol. The maximum absolute atomic E-state index is 12.4. The largest absolute Gasteiger partial charge is 0.337 e. The number of nitro groups is 1. The molecular formula is C15H21N3O3. The molecule has 1 aliphatic rings. The van der Waals surface area contributed by atoms with Crippen molar-refractivity contribution in [3.63, 3.8) is 0 Å². The van der Waals surface area contributed by atoms with Crippen LogP contribution >= 0.6 is 0 Å². The summed E-state index contributed by atoms with van der Waals surface area (Å²) in [5, 5.41) is 13.9. The van der Waals surface area contributed by atoms with Gasteiger partial charge in [0.2, 0.25) is 5.91 Å². The Bertz CT molecular complexity index is 501. The van der Waals surface area contributed by atoms with Crippen LogP contribution in [0.2, 0.25) is 0 Å². The first-order valence-electron chi connectivity index (χ1n) is 7.37. The number of amides is 1. The van der Waals surface area contributed by atoms with Crippen molar-refractivity contribution in [2.24, 2.45) is 0 Å². The Labute approximate surface area is 124 Å². The molecule has 0 saturated carbocycles. The molecule has 2 rings (SSSR count). The summed E-state index contributed by atoms with van der Waals surface area (Å²) in [6.07, 6.45) is 2.88. The fourth-order valence-electron chi connectivity index (χ4n) is 2.55. The van der Waals surface area contributed by atoms with Gasteiger partial charge in [-0.05, 0) is 31.4 Å². The molecule has 1 N–H and O–H groups in total. The van der Waals surface area contributed by atoms with Gasteiger partial charge in [0.05, 0.1) is 11.0 Å². The molecule has 6 nitrogen and oxygen atoms in total. The Hall–Kier alpha value is -1.95. The van der Waals surface area contributed by atoms with Gasteiger partial charge in [0.15, 0.2) is 0 Å². The molecule has 0 aromatic heterocycles. The van der Waals surface area contributed by atoms with E-state index in [1.807, 2.05) is 4.90 Å². The summed E-state index contributed by atoms with van der Waals surface area (Å²) in [6, 6.07) is 6.31. The van der Waals surface area contributed by atoms with E-state index in [0.717, 1.165) is 37.9 Å². The lowest BCUT2D eigenvalue weighted by Gasteiger charge is -2.32. The maximum Gasteiger partial charge on any atom is 0.269 e. The summed E-state index contributed by atoms with van der Waals surface area (Å²) in [4.78, 5) is 24.4. The number of hydrogen-bond acceptors (Lipinski definition) is 4. The van der Waals surface area contributed by atoms with Crippen LogP contribution in [0.3, 0.4) is 0 Å². The highest BCUT2D eigenvalue weighted by molar-refractivity contribution is 5.82. The number of benzene rings is 1. The van der Waals surface area contributed by atoms with Crippen LogP contribution in [0.25, 0.3) is 0 Å². The van der Waals surface area contributed by atoms with E-state index < -0.39 is 4.92 Å². The predicted octanol–water partition coefficient (Wildman–Crippen LogP) is 2.09. The smallest absolute Gasteiger partial charge is 0.269 e. The molecule has 0 bridgehead atoms. The third-order valence-electron chi connectivity index (χ3n) is 3.69. The first kappa shape index (κ1) is 15.4. The van der Waals surface area contributed by atoms with Crippen molar-refractivity contribution in [1.29, 1.82) is 0 Å². The van der Waals surface area contributed by atoms with Gasteiger partial charge < -0.3 is 10.2 Å². The monoisotopic (exact) mass is 291 g/mol. The Balaban J connectivity index is 1.97. The number of nitrogens with zero attached hydrogens (tertiary/aromatic N) is 2. The summed E-state index contributed by atoms with van der Waals surface area (Å²) in [6.45, 7) is 4.19. The average Bonchev–Trinajstić information content (AvgIpc) is 2.49. The minimum absolute atomic E-state index is 0.0752. The number of rotatable bonds is 6. The quantitative estimate of drug-likeness (QED) is 0.643. The lowest BCUT2D eigenvalue weighted by atomic mass is 10.0. The zero-order valence-electron chi connectivity index (χ0n) is 12.2. The molecule has 1 aromatic carbocycles. The van der Waals surface area contributed by atoms with Gasteiger partial charge in [-0.15, -0.1) is 0 Å². The lowest BCUT2D eigenvalue weighted by molar-refractivity contribution is -0.384. The number of carbonyl (C=O) groups is 1. The van der Waals surface area contributed by atoms with Crippen LogP contribution in [0.5, 0.6) is 0 Å². The first-order valence-corrected chi connectivity index (χ1v) is 7.37. The molecule has 6 heteroatoms. The molecular weight excluding hydrogens is 270 g/mol. The van der Waals surface area contributed by atoms with E-state index in [2.05, 4.69) is 12.2 Å². The summed E-state index contributed by atoms with van der Waals surface area (Å²) in [7, 11) is 0. The van der Waals surface area contributed by atoms with Crippen LogP contribution in [0, 0.1) is 10.1 Å². The van der Waals surface area contributed by atoms with E-state index in [0.29, 0.717) is 6.54 Å². The van der Waals surface area contributed by atoms with Crippen molar-refractivity contribution in [3.8, 4) is 0 Å². The second kappa shape index (κ2) is 7.17. The SMILES string of the molecule is CCCNC1CCCN(Cc2ccc([N+](=O)[O-])cc2)C1=O. The van der Waals surface area contributed by atoms with Crippen LogP contribution in [-0.2, 0) is 11.3 Å². The van der Waals surface area contributed by atoms with Crippen molar-refractivity contribution < 1.29 is 9.72 Å². The lowest BCUT2D eigenvalue weighted by Crippen LogP contribution is -2.50. The molecule has 1 amide bonds. The van der Waals surface area contributed by atoms with Gasteiger partial charge in [0.1, 0.15) is 0 Å². The molecule has 21 heavy (non-hydrogen) atoms. The minimum Gasteiger partial charge on any atom is -0.337 e. The van der Waals surface area contributed by atoms with Gasteiger partial charge in [0.25, 0.3) is 5.69 Å². The topological polar surface area (TPSA) is 75.5 Å². The van der Waals surface area contributed by atoms with Gasteiger partial charge in [-0.3, -0.25) is 14.9 Å². The molecule has 114 valence electrons. The van der Waals surface area contributed by atoms with Crippen molar-refractivity contribution >= 4 is 11.6 Å². The van der Waals surface area contributed by atoms with E-state index in [9.17, 15) is 14.9 Å². The second-order valence-electron chi connectivity index (χ2n) is 5.33. The number of piperidine rings is 1. The Morgan fingerprint density at radius 2 is 2.10 bits per heavy atom. The Morgan fingerprint density at radius 3 is 2.71 bits per heavy atom. The molecule has 1 unspecified atom stereocenters. The van der Waals surface area contributed by atoms with Crippen molar-refractivity contribution in [1.82, 2.24) is 10.2 Å². The summed E-state index contributed by atoms with van der Waals surface area (Å²) >= 11 is 0. The summed E-state index contributed by atoms with van der Waals surface area (Å²) in [5.41, 5.74) is 0.997. The number of carbonyl (C=O) groups excluding carboxylic acids is 1. The summed E-state index contributed by atoms with van der Waals surface area (Å²) in [5.74, 6) is 0.132. The number of non-ortho nitro benzene ring substituents is 1. The zero-order chi connectivity index (χ0) is 15.2. The third-order valence-corrected chi connectivity index (χ3v) is 3.69. The third kappa shape index (κ3) is 4.01. The molecule has 1 saturated heterocycles. The van der Waals surface area contributed by atoms with Crippen LogP contribution in [0.1, 0.15) is 31.7 Å². The average molecular weight is 291 g/mol. The maximum atomic E-state index is 12.4. The van der Waals surface area contributed by atoms with Gasteiger partial charge in [-0.2, -0.15) is 0 Å². The Kier molecular flexibility index (Phi) is 5.27. The number of likely N-dealkylation sites (tertiary alicyclic amines) is 1. The molecule has 1 aliphatic heterocycles. The normalized spacial score (nSPS) is 18.8. The number of hydrogen-bond donors (Lipinski definition) is 1. The van der Waals surface area contributed by atoms with Gasteiger partial charge in [-0.1, -0.05) is 19.1 Å². The molecule has 0 aliphatic carbocycles. The van der Waals surface area contributed by atoms with Gasteiger partial charge in [-0.25, -0.2) is 0 Å². The highest BCUT2D eigenvalue weighted by Gasteiger charge is 2.27. The molecule has 1 atom stereocenters. The van der Waals surface area contributed by atoms with E-state index >= 15 is 0 Å². The minimum atomic E-state index is -0.416. The number of nitro benzene ring substituents is 1. The first-order chi connectivity index (χ1) is 10.1. The fraction of sp³-hybridized carbons (Fsp3) is 0.533. The van der Waals surface area contributed by atoms with Gasteiger partial charge in [0, 0.05) is 25.2 Å². The molecule has 0 radical (unpaired) electrons. The molecule has 1 aromatic rings. The number of nitrogens with one attached hydrogen (secondary N) is 1. The Morgan fingerprint density at radius 1 is 1.38 bits per heavy atom.